The van der Waals surface area contributed by atoms with Gasteiger partial charge in [0, 0.05) is 11.8 Å². The SMILES string of the molecule is COC(=O)[C@@H]1[C@H](C(=O)OC)[C@H]2c3ccc(c(OC)c3)OCOc3ccc(cc3OC)[C@@H]12. The van der Waals surface area contributed by atoms with Gasteiger partial charge in [-0.15, -0.1) is 0 Å². The fraction of sp³-hybridized carbons (Fsp3) is 0.391. The second-order valence-corrected chi connectivity index (χ2v) is 7.38. The number of hydrogen-bond acceptors (Lipinski definition) is 8. The van der Waals surface area contributed by atoms with Gasteiger partial charge < -0.3 is 28.4 Å². The summed E-state index contributed by atoms with van der Waals surface area (Å²) in [5, 5.41) is 0. The van der Waals surface area contributed by atoms with E-state index in [9.17, 15) is 9.59 Å². The molecule has 164 valence electrons. The Bertz CT molecular complexity index is 922. The van der Waals surface area contributed by atoms with Crippen molar-refractivity contribution in [2.24, 2.45) is 11.8 Å². The number of carbonyl (C=O) groups excluding carboxylic acids is 2. The first-order valence-electron chi connectivity index (χ1n) is 9.81. The van der Waals surface area contributed by atoms with Crippen molar-refractivity contribution in [2.45, 2.75) is 11.8 Å². The largest absolute Gasteiger partial charge is 0.493 e. The lowest BCUT2D eigenvalue weighted by Crippen LogP contribution is -2.52. The van der Waals surface area contributed by atoms with Crippen molar-refractivity contribution in [1.29, 1.82) is 0 Å². The van der Waals surface area contributed by atoms with Crippen LogP contribution in [0, 0.1) is 11.8 Å². The topological polar surface area (TPSA) is 89.5 Å². The van der Waals surface area contributed by atoms with Gasteiger partial charge in [0.1, 0.15) is 0 Å². The third-order valence-electron chi connectivity index (χ3n) is 6.07. The summed E-state index contributed by atoms with van der Waals surface area (Å²) < 4.78 is 32.5. The van der Waals surface area contributed by atoms with Crippen molar-refractivity contribution >= 4 is 11.9 Å². The first-order valence-corrected chi connectivity index (χ1v) is 9.81. The fourth-order valence-electron chi connectivity index (χ4n) is 4.61. The standard InChI is InChI=1S/C23H24O8/c1-26-16-9-12-5-7-14(16)30-11-31-15-8-6-13(10-17(15)27-2)19-18(12)20(22(24)28-3)21(19)23(25)29-4/h5-10,18-21H,11H2,1-4H3/t18-,19+,20+,21-. The molecule has 0 spiro atoms. The number of hydrogen-bond donors (Lipinski definition) is 0. The number of methoxy groups -OCH3 is 4. The highest BCUT2D eigenvalue weighted by molar-refractivity contribution is 5.87. The van der Waals surface area contributed by atoms with Crippen LogP contribution in [0.5, 0.6) is 23.0 Å². The minimum Gasteiger partial charge on any atom is -0.493 e. The number of ether oxygens (including phenoxy) is 6. The van der Waals surface area contributed by atoms with Crippen LogP contribution in [-0.4, -0.2) is 47.2 Å². The molecule has 31 heavy (non-hydrogen) atoms. The molecule has 1 aliphatic carbocycles. The highest BCUT2D eigenvalue weighted by atomic mass is 16.7. The molecule has 2 aromatic rings. The number of rotatable bonds is 4. The molecular weight excluding hydrogens is 404 g/mol. The molecule has 0 saturated heterocycles. The smallest absolute Gasteiger partial charge is 0.310 e. The quantitative estimate of drug-likeness (QED) is 0.687. The van der Waals surface area contributed by atoms with E-state index in [0.29, 0.717) is 23.0 Å². The van der Waals surface area contributed by atoms with Gasteiger partial charge in [0.2, 0.25) is 6.79 Å². The van der Waals surface area contributed by atoms with E-state index in [1.165, 1.54) is 28.4 Å². The summed E-state index contributed by atoms with van der Waals surface area (Å²) in [7, 11) is 5.71. The van der Waals surface area contributed by atoms with E-state index >= 15 is 0 Å². The Balaban J connectivity index is 1.92. The van der Waals surface area contributed by atoms with E-state index in [4.69, 9.17) is 28.4 Å². The fourth-order valence-corrected chi connectivity index (χ4v) is 4.61. The lowest BCUT2D eigenvalue weighted by molar-refractivity contribution is -0.168. The van der Waals surface area contributed by atoms with Crippen molar-refractivity contribution < 1.29 is 38.0 Å². The predicted molar refractivity (Wildman–Crippen MR) is 109 cm³/mol. The molecule has 2 aromatic carbocycles. The van der Waals surface area contributed by atoms with E-state index < -0.39 is 23.8 Å². The summed E-state index contributed by atoms with van der Waals surface area (Å²) >= 11 is 0. The second-order valence-electron chi connectivity index (χ2n) is 7.38. The summed E-state index contributed by atoms with van der Waals surface area (Å²) in [6.45, 7) is -0.0478. The molecule has 0 N–H and O–H groups in total. The molecule has 7 rings (SSSR count). The molecule has 8 nitrogen and oxygen atoms in total. The Morgan fingerprint density at radius 3 is 1.52 bits per heavy atom. The van der Waals surface area contributed by atoms with E-state index in [1.807, 2.05) is 24.3 Å². The second kappa shape index (κ2) is 8.37. The zero-order chi connectivity index (χ0) is 22.1. The first kappa shape index (κ1) is 20.8. The van der Waals surface area contributed by atoms with Crippen LogP contribution in [0.1, 0.15) is 23.0 Å². The minimum atomic E-state index is -0.703. The molecule has 4 heterocycles. The molecule has 0 amide bonds. The van der Waals surface area contributed by atoms with Gasteiger partial charge in [-0.3, -0.25) is 9.59 Å². The van der Waals surface area contributed by atoms with Crippen LogP contribution in [0.3, 0.4) is 0 Å². The van der Waals surface area contributed by atoms with Gasteiger partial charge >= 0.3 is 11.9 Å². The maximum Gasteiger partial charge on any atom is 0.310 e. The van der Waals surface area contributed by atoms with Crippen LogP contribution >= 0.6 is 0 Å². The molecule has 0 radical (unpaired) electrons. The van der Waals surface area contributed by atoms with Crippen LogP contribution in [0.25, 0.3) is 0 Å². The summed E-state index contributed by atoms with van der Waals surface area (Å²) in [5.41, 5.74) is 1.65. The normalized spacial score (nSPS) is 23.5. The maximum atomic E-state index is 12.7. The molecule has 5 aliphatic rings. The monoisotopic (exact) mass is 428 g/mol. The lowest BCUT2D eigenvalue weighted by atomic mass is 9.52. The Morgan fingerprint density at radius 2 is 1.16 bits per heavy atom. The third kappa shape index (κ3) is 3.41. The van der Waals surface area contributed by atoms with Gasteiger partial charge in [0.05, 0.1) is 40.3 Å². The van der Waals surface area contributed by atoms with Crippen LogP contribution in [0.2, 0.25) is 0 Å². The van der Waals surface area contributed by atoms with Gasteiger partial charge in [-0.25, -0.2) is 0 Å². The van der Waals surface area contributed by atoms with Crippen molar-refractivity contribution in [3.05, 3.63) is 47.5 Å². The van der Waals surface area contributed by atoms with Crippen LogP contribution in [0.15, 0.2) is 36.4 Å². The third-order valence-corrected chi connectivity index (χ3v) is 6.07. The Hall–Kier alpha value is -3.42. The van der Waals surface area contributed by atoms with Crippen LogP contribution in [0.4, 0.5) is 0 Å². The molecular formula is C23H24O8. The van der Waals surface area contributed by atoms with Crippen LogP contribution < -0.4 is 18.9 Å². The number of carbonyl (C=O) groups is 2. The molecule has 4 aliphatic heterocycles. The lowest BCUT2D eigenvalue weighted by Gasteiger charge is -2.49. The highest BCUT2D eigenvalue weighted by Gasteiger charge is 2.59. The van der Waals surface area contributed by atoms with E-state index in [0.717, 1.165) is 11.1 Å². The predicted octanol–water partition coefficient (Wildman–Crippen LogP) is 2.89. The summed E-state index contributed by atoms with van der Waals surface area (Å²) in [4.78, 5) is 25.4. The van der Waals surface area contributed by atoms with Crippen molar-refractivity contribution in [1.82, 2.24) is 0 Å². The molecule has 1 fully saturated rings. The average molecular weight is 428 g/mol. The average Bonchev–Trinajstić information content (AvgIpc) is 2.81. The molecule has 0 unspecified atom stereocenters. The van der Waals surface area contributed by atoms with E-state index in [1.54, 1.807) is 12.1 Å². The van der Waals surface area contributed by atoms with Gasteiger partial charge in [-0.05, 0) is 35.4 Å². The number of benzene rings is 2. The van der Waals surface area contributed by atoms with E-state index in [2.05, 4.69) is 0 Å². The highest BCUT2D eigenvalue weighted by Crippen LogP contribution is 2.59. The zero-order valence-corrected chi connectivity index (χ0v) is 17.7. The number of esters is 2. The van der Waals surface area contributed by atoms with Gasteiger partial charge in [-0.1, -0.05) is 12.1 Å². The maximum absolute atomic E-state index is 12.7. The van der Waals surface area contributed by atoms with Gasteiger partial charge in [-0.2, -0.15) is 0 Å². The Kier molecular flexibility index (Phi) is 5.63. The molecule has 1 saturated carbocycles. The molecule has 4 bridgehead atoms. The summed E-state index contributed by atoms with van der Waals surface area (Å²) in [6, 6.07) is 10.9. The Labute approximate surface area is 179 Å². The molecule has 8 heteroatoms. The van der Waals surface area contributed by atoms with E-state index in [-0.39, 0.29) is 18.6 Å². The van der Waals surface area contributed by atoms with Crippen molar-refractivity contribution in [3.63, 3.8) is 0 Å². The minimum absolute atomic E-state index is 0.0478. The van der Waals surface area contributed by atoms with Gasteiger partial charge in [0.15, 0.2) is 23.0 Å². The molecule has 4 atom stereocenters. The molecule has 0 aromatic heterocycles. The van der Waals surface area contributed by atoms with Crippen LogP contribution in [-0.2, 0) is 19.1 Å². The van der Waals surface area contributed by atoms with Gasteiger partial charge in [0.25, 0.3) is 0 Å². The Morgan fingerprint density at radius 1 is 0.742 bits per heavy atom. The summed E-state index contributed by atoms with van der Waals surface area (Å²) in [5.74, 6) is -1.02. The zero-order valence-electron chi connectivity index (χ0n) is 17.7. The van der Waals surface area contributed by atoms with Crippen molar-refractivity contribution in [3.8, 4) is 23.0 Å². The summed E-state index contributed by atoms with van der Waals surface area (Å²) in [6.07, 6.45) is 0. The van der Waals surface area contributed by atoms with Crippen molar-refractivity contribution in [2.75, 3.05) is 35.2 Å². The first-order chi connectivity index (χ1) is 15.0.